The van der Waals surface area contributed by atoms with E-state index < -0.39 is 0 Å². The molecule has 0 radical (unpaired) electrons. The van der Waals surface area contributed by atoms with Gasteiger partial charge in [0.15, 0.2) is 23.0 Å². The third kappa shape index (κ3) is 4.81. The maximum absolute atomic E-state index is 6.20. The number of fused-ring (bicyclic) bond motifs is 1. The lowest BCUT2D eigenvalue weighted by atomic mass is 9.99. The van der Waals surface area contributed by atoms with Gasteiger partial charge in [-0.1, -0.05) is 13.0 Å². The average Bonchev–Trinajstić information content (AvgIpc) is 3.06. The molecule has 0 unspecified atom stereocenters. The summed E-state index contributed by atoms with van der Waals surface area (Å²) in [7, 11) is 5.03. The van der Waals surface area contributed by atoms with Crippen LogP contribution in [0, 0.1) is 0 Å². The predicted octanol–water partition coefficient (Wildman–Crippen LogP) is 4.45. The molecule has 1 fully saturated rings. The number of ether oxygens (including phenoxy) is 4. The van der Waals surface area contributed by atoms with Crippen LogP contribution in [0.1, 0.15) is 31.7 Å². The zero-order valence-corrected chi connectivity index (χ0v) is 19.9. The minimum atomic E-state index is 0.605. The summed E-state index contributed by atoms with van der Waals surface area (Å²) >= 11 is 0. The highest BCUT2D eigenvalue weighted by atomic mass is 16.5. The molecular formula is C26H36N2O4. The van der Waals surface area contributed by atoms with Crippen LogP contribution in [0.3, 0.4) is 0 Å². The van der Waals surface area contributed by atoms with Crippen LogP contribution in [0.25, 0.3) is 11.1 Å². The number of methoxy groups -OCH3 is 3. The number of likely N-dealkylation sites (tertiary alicyclic amines) is 1. The van der Waals surface area contributed by atoms with Crippen LogP contribution in [0.4, 0.5) is 0 Å². The van der Waals surface area contributed by atoms with Gasteiger partial charge in [-0.25, -0.2) is 0 Å². The Hall–Kier alpha value is -2.44. The van der Waals surface area contributed by atoms with E-state index in [1.54, 1.807) is 21.3 Å². The summed E-state index contributed by atoms with van der Waals surface area (Å²) in [5.41, 5.74) is 3.33. The van der Waals surface area contributed by atoms with Gasteiger partial charge in [-0.2, -0.15) is 0 Å². The van der Waals surface area contributed by atoms with Gasteiger partial charge in [0.2, 0.25) is 0 Å². The molecule has 6 heteroatoms. The molecule has 174 valence electrons. The highest BCUT2D eigenvalue weighted by Crippen LogP contribution is 2.40. The van der Waals surface area contributed by atoms with Gasteiger partial charge in [-0.05, 0) is 74.3 Å². The molecule has 2 aromatic carbocycles. The van der Waals surface area contributed by atoms with Crippen molar-refractivity contribution in [3.63, 3.8) is 0 Å². The van der Waals surface area contributed by atoms with Gasteiger partial charge < -0.3 is 23.8 Å². The van der Waals surface area contributed by atoms with Crippen molar-refractivity contribution in [2.45, 2.75) is 38.8 Å². The minimum Gasteiger partial charge on any atom is -0.493 e. The van der Waals surface area contributed by atoms with E-state index in [4.69, 9.17) is 18.9 Å². The van der Waals surface area contributed by atoms with Crippen molar-refractivity contribution in [1.82, 2.24) is 9.80 Å². The third-order valence-electron chi connectivity index (χ3n) is 6.68. The van der Waals surface area contributed by atoms with Gasteiger partial charge in [0, 0.05) is 24.7 Å². The van der Waals surface area contributed by atoms with E-state index in [-0.39, 0.29) is 0 Å². The van der Waals surface area contributed by atoms with Gasteiger partial charge in [0.1, 0.15) is 6.61 Å². The molecule has 2 aliphatic heterocycles. The van der Waals surface area contributed by atoms with Crippen molar-refractivity contribution >= 4 is 0 Å². The van der Waals surface area contributed by atoms with E-state index in [9.17, 15) is 0 Å². The Bertz CT molecular complexity index is 909. The molecular weight excluding hydrogens is 404 g/mol. The first-order valence-electron chi connectivity index (χ1n) is 11.7. The number of hydrogen-bond donors (Lipinski definition) is 0. The summed E-state index contributed by atoms with van der Waals surface area (Å²) < 4.78 is 22.9. The fraction of sp³-hybridized carbons (Fsp3) is 0.538. The zero-order chi connectivity index (χ0) is 22.5. The minimum absolute atomic E-state index is 0.605. The quantitative estimate of drug-likeness (QED) is 0.634. The Balaban J connectivity index is 1.60. The maximum atomic E-state index is 6.20. The second kappa shape index (κ2) is 10.5. The number of piperidine rings is 1. The Morgan fingerprint density at radius 2 is 1.59 bits per heavy atom. The van der Waals surface area contributed by atoms with Crippen molar-refractivity contribution in [3.8, 4) is 34.1 Å². The second-order valence-corrected chi connectivity index (χ2v) is 8.63. The van der Waals surface area contributed by atoms with Crippen molar-refractivity contribution < 1.29 is 18.9 Å². The third-order valence-corrected chi connectivity index (χ3v) is 6.68. The first kappa shape index (κ1) is 22.7. The molecule has 32 heavy (non-hydrogen) atoms. The topological polar surface area (TPSA) is 43.4 Å². The number of hydrogen-bond acceptors (Lipinski definition) is 6. The normalized spacial score (nSPS) is 17.9. The lowest BCUT2D eigenvalue weighted by molar-refractivity contribution is 0.0969. The summed E-state index contributed by atoms with van der Waals surface area (Å²) in [5, 5.41) is 0. The van der Waals surface area contributed by atoms with Crippen LogP contribution in [-0.2, 0) is 6.54 Å². The highest BCUT2D eigenvalue weighted by Gasteiger charge is 2.28. The predicted molar refractivity (Wildman–Crippen MR) is 127 cm³/mol. The summed E-state index contributed by atoms with van der Waals surface area (Å²) in [4.78, 5) is 5.20. The van der Waals surface area contributed by atoms with Crippen molar-refractivity contribution in [3.05, 3.63) is 35.9 Å². The summed E-state index contributed by atoms with van der Waals surface area (Å²) in [6.45, 7) is 8.38. The lowest BCUT2D eigenvalue weighted by Gasteiger charge is -2.37. The molecule has 2 heterocycles. The van der Waals surface area contributed by atoms with Crippen molar-refractivity contribution in [1.29, 1.82) is 0 Å². The summed E-state index contributed by atoms with van der Waals surface area (Å²) in [6.07, 6.45) is 3.68. The first-order valence-corrected chi connectivity index (χ1v) is 11.7. The van der Waals surface area contributed by atoms with Crippen LogP contribution in [-0.4, -0.2) is 70.0 Å². The van der Waals surface area contributed by atoms with E-state index in [1.807, 2.05) is 12.1 Å². The molecule has 6 nitrogen and oxygen atoms in total. The van der Waals surface area contributed by atoms with Crippen molar-refractivity contribution in [2.75, 3.05) is 54.1 Å². The Labute approximate surface area is 192 Å². The van der Waals surface area contributed by atoms with Crippen LogP contribution >= 0.6 is 0 Å². The Kier molecular flexibility index (Phi) is 7.43. The SMILES string of the molecule is CCCN1CCC(N2CCOc3c(cc(-c4ccc(OC)c(OC)c4)cc3OC)C2)CC1. The fourth-order valence-corrected chi connectivity index (χ4v) is 4.97. The summed E-state index contributed by atoms with van der Waals surface area (Å²) in [6, 6.07) is 10.9. The molecule has 0 spiro atoms. The van der Waals surface area contributed by atoms with E-state index in [0.29, 0.717) is 12.6 Å². The molecule has 0 amide bonds. The number of rotatable bonds is 7. The molecule has 0 N–H and O–H groups in total. The van der Waals surface area contributed by atoms with Gasteiger partial charge in [-0.15, -0.1) is 0 Å². The lowest BCUT2D eigenvalue weighted by Crippen LogP contribution is -2.45. The zero-order valence-electron chi connectivity index (χ0n) is 19.9. The van der Waals surface area contributed by atoms with Crippen LogP contribution in [0.2, 0.25) is 0 Å². The molecule has 0 bridgehead atoms. The largest absolute Gasteiger partial charge is 0.493 e. The molecule has 4 rings (SSSR count). The van der Waals surface area contributed by atoms with E-state index in [1.165, 1.54) is 44.5 Å². The van der Waals surface area contributed by atoms with Crippen LogP contribution in [0.5, 0.6) is 23.0 Å². The van der Waals surface area contributed by atoms with Crippen molar-refractivity contribution in [2.24, 2.45) is 0 Å². The molecule has 0 atom stereocenters. The van der Waals surface area contributed by atoms with Gasteiger partial charge in [0.25, 0.3) is 0 Å². The number of benzene rings is 2. The smallest absolute Gasteiger partial charge is 0.165 e. The Morgan fingerprint density at radius 1 is 0.875 bits per heavy atom. The van der Waals surface area contributed by atoms with Gasteiger partial charge in [0.05, 0.1) is 21.3 Å². The fourth-order valence-electron chi connectivity index (χ4n) is 4.97. The standard InChI is InChI=1S/C26H36N2O4/c1-5-10-27-11-8-22(9-12-27)28-13-14-32-26-21(18-28)15-20(17-25(26)31-4)19-6-7-23(29-2)24(16-19)30-3/h6-7,15-17,22H,5,8-14,18H2,1-4H3. The molecule has 0 aromatic heterocycles. The van der Waals surface area contributed by atoms with Crippen LogP contribution < -0.4 is 18.9 Å². The molecule has 2 aromatic rings. The molecule has 0 aliphatic carbocycles. The van der Waals surface area contributed by atoms with E-state index >= 15 is 0 Å². The maximum Gasteiger partial charge on any atom is 0.165 e. The second-order valence-electron chi connectivity index (χ2n) is 8.63. The summed E-state index contributed by atoms with van der Waals surface area (Å²) in [5.74, 6) is 3.10. The van der Waals surface area contributed by atoms with Gasteiger partial charge >= 0.3 is 0 Å². The molecule has 2 aliphatic rings. The first-order chi connectivity index (χ1) is 15.7. The van der Waals surface area contributed by atoms with Crippen LogP contribution in [0.15, 0.2) is 30.3 Å². The van der Waals surface area contributed by atoms with E-state index in [0.717, 1.165) is 47.2 Å². The molecule has 1 saturated heterocycles. The monoisotopic (exact) mass is 440 g/mol. The number of nitrogens with zero attached hydrogens (tertiary/aromatic N) is 2. The Morgan fingerprint density at radius 3 is 2.28 bits per heavy atom. The molecule has 0 saturated carbocycles. The van der Waals surface area contributed by atoms with E-state index in [2.05, 4.69) is 34.9 Å². The average molecular weight is 441 g/mol. The highest BCUT2D eigenvalue weighted by molar-refractivity contribution is 5.71. The van der Waals surface area contributed by atoms with Gasteiger partial charge in [-0.3, -0.25) is 4.90 Å².